The second-order valence-corrected chi connectivity index (χ2v) is 3.46. The molecular formula is C13H7F3O2. The van der Waals surface area contributed by atoms with Gasteiger partial charge >= 0.3 is 0 Å². The van der Waals surface area contributed by atoms with Crippen LogP contribution in [0.15, 0.2) is 36.4 Å². The van der Waals surface area contributed by atoms with Crippen molar-refractivity contribution in [1.82, 2.24) is 0 Å². The van der Waals surface area contributed by atoms with Crippen LogP contribution in [0.2, 0.25) is 0 Å². The second kappa shape index (κ2) is 4.91. The van der Waals surface area contributed by atoms with Crippen LogP contribution in [0.4, 0.5) is 13.2 Å². The Bertz CT molecular complexity index is 597. The lowest BCUT2D eigenvalue weighted by molar-refractivity contribution is 0.112. The zero-order chi connectivity index (χ0) is 13.1. The molecule has 0 spiro atoms. The van der Waals surface area contributed by atoms with Crippen molar-refractivity contribution >= 4 is 6.29 Å². The Labute approximate surface area is 101 Å². The molecule has 0 amide bonds. The zero-order valence-corrected chi connectivity index (χ0v) is 8.99. The summed E-state index contributed by atoms with van der Waals surface area (Å²) >= 11 is 0. The largest absolute Gasteiger partial charge is 0.451 e. The van der Waals surface area contributed by atoms with Crippen molar-refractivity contribution in [2.45, 2.75) is 0 Å². The molecule has 0 aliphatic heterocycles. The van der Waals surface area contributed by atoms with Crippen LogP contribution in [-0.4, -0.2) is 6.29 Å². The van der Waals surface area contributed by atoms with Crippen LogP contribution in [0.3, 0.4) is 0 Å². The van der Waals surface area contributed by atoms with Gasteiger partial charge in [0, 0.05) is 5.56 Å². The highest BCUT2D eigenvalue weighted by Crippen LogP contribution is 2.28. The van der Waals surface area contributed by atoms with Gasteiger partial charge in [0.25, 0.3) is 0 Å². The number of benzene rings is 2. The van der Waals surface area contributed by atoms with Crippen molar-refractivity contribution in [3.8, 4) is 11.5 Å². The van der Waals surface area contributed by atoms with Crippen molar-refractivity contribution < 1.29 is 22.7 Å². The fraction of sp³-hybridized carbons (Fsp3) is 0. The lowest BCUT2D eigenvalue weighted by Crippen LogP contribution is -1.94. The van der Waals surface area contributed by atoms with Gasteiger partial charge in [0.2, 0.25) is 5.82 Å². The highest BCUT2D eigenvalue weighted by atomic mass is 19.2. The number of rotatable bonds is 3. The molecular weight excluding hydrogens is 245 g/mol. The van der Waals surface area contributed by atoms with Crippen LogP contribution in [0, 0.1) is 17.5 Å². The highest BCUT2D eigenvalue weighted by Gasteiger charge is 2.12. The Morgan fingerprint density at radius 1 is 0.944 bits per heavy atom. The van der Waals surface area contributed by atoms with Crippen molar-refractivity contribution in [2.24, 2.45) is 0 Å². The number of aldehydes is 1. The molecule has 0 N–H and O–H groups in total. The molecule has 2 nitrogen and oxygen atoms in total. The molecule has 2 aromatic carbocycles. The number of halogens is 3. The molecule has 0 radical (unpaired) electrons. The van der Waals surface area contributed by atoms with Crippen LogP contribution in [0.25, 0.3) is 0 Å². The summed E-state index contributed by atoms with van der Waals surface area (Å²) in [5.41, 5.74) is 0.125. The smallest absolute Gasteiger partial charge is 0.201 e. The van der Waals surface area contributed by atoms with E-state index in [0.29, 0.717) is 6.29 Å². The average molecular weight is 252 g/mol. The monoisotopic (exact) mass is 252 g/mol. The van der Waals surface area contributed by atoms with Crippen LogP contribution < -0.4 is 4.74 Å². The van der Waals surface area contributed by atoms with Gasteiger partial charge in [0.05, 0.1) is 0 Å². The van der Waals surface area contributed by atoms with E-state index >= 15 is 0 Å². The molecule has 0 aromatic heterocycles. The minimum Gasteiger partial charge on any atom is -0.451 e. The summed E-state index contributed by atoms with van der Waals surface area (Å²) in [5, 5.41) is 0. The normalized spacial score (nSPS) is 10.2. The van der Waals surface area contributed by atoms with Crippen molar-refractivity contribution in [2.75, 3.05) is 0 Å². The SMILES string of the molecule is O=Cc1ccc(Oc2cccc(F)c2F)c(F)c1. The van der Waals surface area contributed by atoms with Crippen LogP contribution in [-0.2, 0) is 0 Å². The highest BCUT2D eigenvalue weighted by molar-refractivity contribution is 5.75. The van der Waals surface area contributed by atoms with Crippen molar-refractivity contribution in [3.05, 3.63) is 59.4 Å². The summed E-state index contributed by atoms with van der Waals surface area (Å²) in [6, 6.07) is 6.76. The summed E-state index contributed by atoms with van der Waals surface area (Å²) in [4.78, 5) is 10.4. The molecule has 5 heteroatoms. The van der Waals surface area contributed by atoms with E-state index < -0.39 is 23.2 Å². The number of carbonyl (C=O) groups excluding carboxylic acids is 1. The van der Waals surface area contributed by atoms with Gasteiger partial charge in [-0.2, -0.15) is 4.39 Å². The predicted molar refractivity (Wildman–Crippen MR) is 58.2 cm³/mol. The first-order valence-electron chi connectivity index (χ1n) is 4.98. The van der Waals surface area contributed by atoms with Crippen molar-refractivity contribution in [3.63, 3.8) is 0 Å². The van der Waals surface area contributed by atoms with E-state index in [0.717, 1.165) is 12.1 Å². The fourth-order valence-electron chi connectivity index (χ4n) is 1.35. The lowest BCUT2D eigenvalue weighted by Gasteiger charge is -2.08. The van der Waals surface area contributed by atoms with E-state index in [-0.39, 0.29) is 11.3 Å². The Balaban J connectivity index is 2.34. The standard InChI is InChI=1S/C13H7F3O2/c14-9-2-1-3-12(13(9)16)18-11-5-4-8(7-17)6-10(11)15/h1-7H. The molecule has 92 valence electrons. The van der Waals surface area contributed by atoms with Gasteiger partial charge in [-0.3, -0.25) is 4.79 Å². The average Bonchev–Trinajstić information content (AvgIpc) is 2.37. The van der Waals surface area contributed by atoms with Gasteiger partial charge in [-0.1, -0.05) is 6.07 Å². The first-order chi connectivity index (χ1) is 8.61. The van der Waals surface area contributed by atoms with Crippen LogP contribution in [0.5, 0.6) is 11.5 Å². The number of hydrogen-bond acceptors (Lipinski definition) is 2. The maximum absolute atomic E-state index is 13.5. The second-order valence-electron chi connectivity index (χ2n) is 3.46. The third-order valence-corrected chi connectivity index (χ3v) is 2.23. The Kier molecular flexibility index (Phi) is 3.32. The van der Waals surface area contributed by atoms with Gasteiger partial charge in [0.1, 0.15) is 6.29 Å². The molecule has 0 unspecified atom stereocenters. The summed E-state index contributed by atoms with van der Waals surface area (Å²) < 4.78 is 44.6. The molecule has 2 rings (SSSR count). The summed E-state index contributed by atoms with van der Waals surface area (Å²) in [6.07, 6.45) is 0.468. The number of ether oxygens (including phenoxy) is 1. The minimum atomic E-state index is -1.20. The van der Waals surface area contributed by atoms with E-state index in [1.165, 1.54) is 24.3 Å². The van der Waals surface area contributed by atoms with Gasteiger partial charge in [-0.05, 0) is 30.3 Å². The molecule has 0 aliphatic rings. The summed E-state index contributed by atoms with van der Waals surface area (Å²) in [7, 11) is 0. The topological polar surface area (TPSA) is 26.3 Å². The minimum absolute atomic E-state index is 0.125. The first-order valence-corrected chi connectivity index (χ1v) is 4.98. The quantitative estimate of drug-likeness (QED) is 0.778. The number of hydrogen-bond donors (Lipinski definition) is 0. The van der Waals surface area contributed by atoms with Gasteiger partial charge in [-0.25, -0.2) is 8.78 Å². The maximum Gasteiger partial charge on any atom is 0.201 e. The Morgan fingerprint density at radius 3 is 2.39 bits per heavy atom. The van der Waals surface area contributed by atoms with Crippen molar-refractivity contribution in [1.29, 1.82) is 0 Å². The third-order valence-electron chi connectivity index (χ3n) is 2.23. The van der Waals surface area contributed by atoms with E-state index in [2.05, 4.69) is 0 Å². The third kappa shape index (κ3) is 2.34. The van der Waals surface area contributed by atoms with E-state index in [1.807, 2.05) is 0 Å². The Morgan fingerprint density at radius 2 is 1.72 bits per heavy atom. The summed E-state index contributed by atoms with van der Waals surface area (Å²) in [6.45, 7) is 0. The van der Waals surface area contributed by atoms with Crippen LogP contribution in [0.1, 0.15) is 10.4 Å². The molecule has 0 saturated heterocycles. The maximum atomic E-state index is 13.5. The lowest BCUT2D eigenvalue weighted by atomic mass is 10.2. The molecule has 2 aromatic rings. The number of carbonyl (C=O) groups is 1. The molecule has 0 atom stereocenters. The molecule has 0 bridgehead atoms. The van der Waals surface area contributed by atoms with Crippen LogP contribution >= 0.6 is 0 Å². The molecule has 0 saturated carbocycles. The van der Waals surface area contributed by atoms with Gasteiger partial charge < -0.3 is 4.74 Å². The summed E-state index contributed by atoms with van der Waals surface area (Å²) in [5.74, 6) is -3.82. The zero-order valence-electron chi connectivity index (χ0n) is 8.99. The van der Waals surface area contributed by atoms with E-state index in [1.54, 1.807) is 0 Å². The predicted octanol–water partition coefficient (Wildman–Crippen LogP) is 3.71. The first kappa shape index (κ1) is 12.2. The fourth-order valence-corrected chi connectivity index (χ4v) is 1.35. The molecule has 0 fully saturated rings. The van der Waals surface area contributed by atoms with E-state index in [4.69, 9.17) is 4.74 Å². The van der Waals surface area contributed by atoms with E-state index in [9.17, 15) is 18.0 Å². The van der Waals surface area contributed by atoms with Gasteiger partial charge in [0.15, 0.2) is 23.1 Å². The van der Waals surface area contributed by atoms with Gasteiger partial charge in [-0.15, -0.1) is 0 Å². The Hall–Kier alpha value is -2.30. The molecule has 0 heterocycles. The molecule has 18 heavy (non-hydrogen) atoms. The molecule has 0 aliphatic carbocycles.